The minimum absolute atomic E-state index is 0.0237. The number of anilines is 1. The number of halogens is 1. The largest absolute Gasteiger partial charge is 0.409 e. The molecule has 1 aromatic heterocycles. The van der Waals surface area contributed by atoms with Gasteiger partial charge in [0.2, 0.25) is 11.7 Å². The second-order valence-electron chi connectivity index (χ2n) is 5.58. The predicted molar refractivity (Wildman–Crippen MR) is 87.2 cm³/mol. The molecule has 26 heavy (non-hydrogen) atoms. The number of aromatic nitrogens is 2. The zero-order chi connectivity index (χ0) is 18.5. The van der Waals surface area contributed by atoms with Gasteiger partial charge in [-0.25, -0.2) is 9.02 Å². The molecule has 1 aliphatic carbocycles. The molecule has 0 saturated carbocycles. The summed E-state index contributed by atoms with van der Waals surface area (Å²) in [6.45, 7) is -0.179. The zero-order valence-electron chi connectivity index (χ0n) is 13.6. The lowest BCUT2D eigenvalue weighted by atomic mass is 9.83. The number of fused-ring (bicyclic) bond motifs is 1. The first-order chi connectivity index (χ1) is 12.6. The van der Waals surface area contributed by atoms with Gasteiger partial charge in [0, 0.05) is 6.54 Å². The van der Waals surface area contributed by atoms with Crippen molar-refractivity contribution in [1.82, 2.24) is 20.9 Å². The van der Waals surface area contributed by atoms with Crippen molar-refractivity contribution < 1.29 is 24.1 Å². The SMILES string of the molecule is O=C(CNc1nonc1C(=NO)NC1Cc2ccc(F)cc21)NCCO. The van der Waals surface area contributed by atoms with Gasteiger partial charge in [-0.05, 0) is 40.0 Å². The quantitative estimate of drug-likeness (QED) is 0.196. The van der Waals surface area contributed by atoms with Gasteiger partial charge in [-0.2, -0.15) is 0 Å². The van der Waals surface area contributed by atoms with E-state index in [4.69, 9.17) is 5.11 Å². The average molecular weight is 364 g/mol. The van der Waals surface area contributed by atoms with Gasteiger partial charge in [0.15, 0.2) is 11.5 Å². The van der Waals surface area contributed by atoms with Crippen molar-refractivity contribution in [2.75, 3.05) is 25.0 Å². The Morgan fingerprint density at radius 2 is 2.27 bits per heavy atom. The minimum atomic E-state index is -0.369. The van der Waals surface area contributed by atoms with Gasteiger partial charge in [-0.3, -0.25) is 4.79 Å². The topological polar surface area (TPSA) is 145 Å². The molecule has 1 heterocycles. The smallest absolute Gasteiger partial charge is 0.239 e. The number of hydrogen-bond acceptors (Lipinski definition) is 8. The van der Waals surface area contributed by atoms with Crippen LogP contribution in [0.15, 0.2) is 28.0 Å². The van der Waals surface area contributed by atoms with Crippen molar-refractivity contribution in [3.8, 4) is 0 Å². The number of benzene rings is 1. The van der Waals surface area contributed by atoms with Crippen molar-refractivity contribution in [3.05, 3.63) is 40.8 Å². The maximum absolute atomic E-state index is 13.4. The second-order valence-corrected chi connectivity index (χ2v) is 5.58. The molecule has 5 N–H and O–H groups in total. The van der Waals surface area contributed by atoms with Crippen LogP contribution in [0.4, 0.5) is 10.2 Å². The molecular formula is C15H17FN6O4. The van der Waals surface area contributed by atoms with Crippen molar-refractivity contribution in [2.24, 2.45) is 5.16 Å². The minimum Gasteiger partial charge on any atom is -0.409 e. The summed E-state index contributed by atoms with van der Waals surface area (Å²) >= 11 is 0. The molecule has 1 unspecified atom stereocenters. The molecule has 1 atom stereocenters. The van der Waals surface area contributed by atoms with Crippen LogP contribution in [-0.2, 0) is 11.2 Å². The van der Waals surface area contributed by atoms with Crippen LogP contribution in [0.1, 0.15) is 22.9 Å². The van der Waals surface area contributed by atoms with Crippen LogP contribution in [0, 0.1) is 5.82 Å². The Morgan fingerprint density at radius 1 is 1.42 bits per heavy atom. The second kappa shape index (κ2) is 7.78. The number of aliphatic hydroxyl groups is 1. The monoisotopic (exact) mass is 364 g/mol. The van der Waals surface area contributed by atoms with E-state index in [-0.39, 0.29) is 54.8 Å². The zero-order valence-corrected chi connectivity index (χ0v) is 13.6. The molecule has 11 heteroatoms. The van der Waals surface area contributed by atoms with E-state index in [1.165, 1.54) is 12.1 Å². The lowest BCUT2D eigenvalue weighted by molar-refractivity contribution is -0.119. The maximum Gasteiger partial charge on any atom is 0.239 e. The first-order valence-electron chi connectivity index (χ1n) is 7.83. The number of rotatable bonds is 7. The highest BCUT2D eigenvalue weighted by atomic mass is 19.1. The predicted octanol–water partition coefficient (Wildman–Crippen LogP) is -0.248. The molecule has 3 rings (SSSR count). The Morgan fingerprint density at radius 3 is 3.04 bits per heavy atom. The number of amidine groups is 1. The fraction of sp³-hybridized carbons (Fsp3) is 0.333. The third-order valence-electron chi connectivity index (χ3n) is 3.88. The Balaban J connectivity index is 1.65. The Kier molecular flexibility index (Phi) is 5.27. The maximum atomic E-state index is 13.4. The van der Waals surface area contributed by atoms with E-state index >= 15 is 0 Å². The molecule has 0 aliphatic heterocycles. The summed E-state index contributed by atoms with van der Waals surface area (Å²) in [4.78, 5) is 11.6. The van der Waals surface area contributed by atoms with E-state index < -0.39 is 0 Å². The van der Waals surface area contributed by atoms with E-state index in [1.807, 2.05) is 0 Å². The van der Waals surface area contributed by atoms with Crippen molar-refractivity contribution >= 4 is 17.6 Å². The van der Waals surface area contributed by atoms with E-state index in [1.54, 1.807) is 6.07 Å². The van der Waals surface area contributed by atoms with Crippen LogP contribution < -0.4 is 16.0 Å². The first kappa shape index (κ1) is 17.6. The molecule has 0 spiro atoms. The number of aliphatic hydroxyl groups excluding tert-OH is 1. The highest BCUT2D eigenvalue weighted by Crippen LogP contribution is 2.33. The Bertz CT molecular complexity index is 824. The standard InChI is InChI=1S/C15H17FN6O4/c16-9-2-1-8-5-11(10(8)6-9)19-15(20-25)13-14(22-26-21-13)18-7-12(24)17-3-4-23/h1-2,6,11,23,25H,3-5,7H2,(H,17,24)(H,18,22)(H,19,20). The number of carbonyl (C=O) groups excluding carboxylic acids is 1. The molecule has 0 fully saturated rings. The highest BCUT2D eigenvalue weighted by Gasteiger charge is 2.29. The normalized spacial score (nSPS) is 15.8. The van der Waals surface area contributed by atoms with Crippen molar-refractivity contribution in [1.29, 1.82) is 0 Å². The third kappa shape index (κ3) is 3.72. The first-order valence-corrected chi connectivity index (χ1v) is 7.83. The Hall–Kier alpha value is -3.21. The summed E-state index contributed by atoms with van der Waals surface area (Å²) in [6, 6.07) is 4.26. The summed E-state index contributed by atoms with van der Waals surface area (Å²) in [5.74, 6) is -0.642. The number of nitrogens with zero attached hydrogens (tertiary/aromatic N) is 3. The van der Waals surface area contributed by atoms with Gasteiger partial charge < -0.3 is 26.3 Å². The van der Waals surface area contributed by atoms with Crippen LogP contribution in [0.2, 0.25) is 0 Å². The number of nitrogens with one attached hydrogen (secondary N) is 3. The Labute approximate surface area is 147 Å². The van der Waals surface area contributed by atoms with Crippen molar-refractivity contribution in [2.45, 2.75) is 12.5 Å². The van der Waals surface area contributed by atoms with Gasteiger partial charge in [0.1, 0.15) is 5.82 Å². The van der Waals surface area contributed by atoms with Gasteiger partial charge >= 0.3 is 0 Å². The van der Waals surface area contributed by atoms with E-state index in [2.05, 4.69) is 36.0 Å². The molecule has 0 bridgehead atoms. The molecule has 0 radical (unpaired) electrons. The van der Waals surface area contributed by atoms with E-state index in [0.29, 0.717) is 6.42 Å². The summed E-state index contributed by atoms with van der Waals surface area (Å²) in [6.07, 6.45) is 0.631. The molecule has 2 aromatic rings. The molecule has 1 aromatic carbocycles. The highest BCUT2D eigenvalue weighted by molar-refractivity contribution is 6.01. The summed E-state index contributed by atoms with van der Waals surface area (Å²) < 4.78 is 18.0. The fourth-order valence-corrected chi connectivity index (χ4v) is 2.59. The molecule has 10 nitrogen and oxygen atoms in total. The summed E-state index contributed by atoms with van der Waals surface area (Å²) in [5, 5.41) is 36.5. The van der Waals surface area contributed by atoms with Crippen LogP contribution in [0.3, 0.4) is 0 Å². The molecule has 138 valence electrons. The number of amides is 1. The number of carbonyl (C=O) groups is 1. The average Bonchev–Trinajstić information content (AvgIpc) is 3.09. The lowest BCUT2D eigenvalue weighted by Gasteiger charge is -2.31. The van der Waals surface area contributed by atoms with Crippen LogP contribution in [0.5, 0.6) is 0 Å². The number of oxime groups is 1. The lowest BCUT2D eigenvalue weighted by Crippen LogP contribution is -2.37. The summed E-state index contributed by atoms with van der Waals surface area (Å²) in [7, 11) is 0. The van der Waals surface area contributed by atoms with Gasteiger partial charge in [0.25, 0.3) is 0 Å². The van der Waals surface area contributed by atoms with E-state index in [0.717, 1.165) is 11.1 Å². The molecule has 1 aliphatic rings. The molecular weight excluding hydrogens is 347 g/mol. The number of hydrogen-bond donors (Lipinski definition) is 5. The third-order valence-corrected chi connectivity index (χ3v) is 3.88. The fourth-order valence-electron chi connectivity index (χ4n) is 2.59. The van der Waals surface area contributed by atoms with Crippen LogP contribution in [-0.4, -0.2) is 52.1 Å². The van der Waals surface area contributed by atoms with E-state index in [9.17, 15) is 14.4 Å². The van der Waals surface area contributed by atoms with Gasteiger partial charge in [-0.15, -0.1) is 0 Å². The molecule has 1 amide bonds. The van der Waals surface area contributed by atoms with Gasteiger partial charge in [-0.1, -0.05) is 11.2 Å². The molecule has 0 saturated heterocycles. The van der Waals surface area contributed by atoms with Crippen LogP contribution >= 0.6 is 0 Å². The van der Waals surface area contributed by atoms with Crippen molar-refractivity contribution in [3.63, 3.8) is 0 Å². The summed E-state index contributed by atoms with van der Waals surface area (Å²) in [5.41, 5.74) is 1.84. The van der Waals surface area contributed by atoms with Crippen LogP contribution in [0.25, 0.3) is 0 Å². The van der Waals surface area contributed by atoms with Gasteiger partial charge in [0.05, 0.1) is 19.2 Å².